The molecule has 0 spiro atoms. The molecule has 2 N–H and O–H groups in total. The Morgan fingerprint density at radius 1 is 1.16 bits per heavy atom. The Morgan fingerprint density at radius 2 is 1.68 bits per heavy atom. The Labute approximate surface area is 115 Å². The normalized spacial score (nSPS) is 18.3. The summed E-state index contributed by atoms with van der Waals surface area (Å²) in [5.74, 6) is 0. The number of rotatable bonds is 5. The minimum absolute atomic E-state index is 0.222. The first-order valence-corrected chi connectivity index (χ1v) is 6.93. The summed E-state index contributed by atoms with van der Waals surface area (Å²) in [6, 6.07) is 0. The minimum atomic E-state index is -0.444. The van der Waals surface area contributed by atoms with E-state index in [0.29, 0.717) is 6.54 Å². The summed E-state index contributed by atoms with van der Waals surface area (Å²) >= 11 is 0. The van der Waals surface area contributed by atoms with Gasteiger partial charge in [-0.3, -0.25) is 9.80 Å². The number of piperazine rings is 1. The highest BCUT2D eigenvalue weighted by atomic mass is 16.6. The number of nitrogens with one attached hydrogen (secondary N) is 1. The number of β-amino-alcohol motifs (C(OH)–C–C–N with tert-alkyl or cyclic N) is 1. The standard InChI is InChI=1S/C13H27N3O3/c1-13(2,3)19-12(18)14-4-5-15-6-8-16(9-7-15)10-11-17/h17H,4-11H2,1-3H3,(H,14,18). The third-order valence-electron chi connectivity index (χ3n) is 2.98. The van der Waals surface area contributed by atoms with E-state index in [2.05, 4.69) is 15.1 Å². The zero-order valence-electron chi connectivity index (χ0n) is 12.3. The van der Waals surface area contributed by atoms with Gasteiger partial charge in [0.25, 0.3) is 0 Å². The first-order valence-electron chi connectivity index (χ1n) is 6.93. The van der Waals surface area contributed by atoms with Crippen molar-refractivity contribution in [3.63, 3.8) is 0 Å². The van der Waals surface area contributed by atoms with Crippen molar-refractivity contribution >= 4 is 6.09 Å². The topological polar surface area (TPSA) is 65.0 Å². The second-order valence-corrected chi connectivity index (χ2v) is 5.84. The second kappa shape index (κ2) is 7.67. The molecule has 19 heavy (non-hydrogen) atoms. The number of alkyl carbamates (subject to hydrolysis) is 1. The van der Waals surface area contributed by atoms with Crippen LogP contribution in [0.15, 0.2) is 0 Å². The van der Waals surface area contributed by atoms with Gasteiger partial charge in [0.1, 0.15) is 5.60 Å². The van der Waals surface area contributed by atoms with Gasteiger partial charge in [-0.25, -0.2) is 4.79 Å². The van der Waals surface area contributed by atoms with Gasteiger partial charge >= 0.3 is 6.09 Å². The fourth-order valence-corrected chi connectivity index (χ4v) is 2.01. The van der Waals surface area contributed by atoms with Gasteiger partial charge in [-0.2, -0.15) is 0 Å². The number of carbonyl (C=O) groups excluding carboxylic acids is 1. The summed E-state index contributed by atoms with van der Waals surface area (Å²) in [5.41, 5.74) is -0.444. The Kier molecular flexibility index (Phi) is 6.54. The van der Waals surface area contributed by atoms with Gasteiger partial charge in [0.05, 0.1) is 6.61 Å². The molecule has 0 unspecified atom stereocenters. The lowest BCUT2D eigenvalue weighted by atomic mass is 10.2. The fraction of sp³-hybridized carbons (Fsp3) is 0.923. The van der Waals surface area contributed by atoms with Crippen molar-refractivity contribution < 1.29 is 14.6 Å². The van der Waals surface area contributed by atoms with Crippen LogP contribution in [0.2, 0.25) is 0 Å². The first kappa shape index (κ1) is 16.2. The van der Waals surface area contributed by atoms with Gasteiger partial charge in [0.2, 0.25) is 0 Å². The lowest BCUT2D eigenvalue weighted by molar-refractivity contribution is 0.0514. The highest BCUT2D eigenvalue weighted by Crippen LogP contribution is 2.06. The molecule has 6 heteroatoms. The largest absolute Gasteiger partial charge is 0.444 e. The van der Waals surface area contributed by atoms with Crippen LogP contribution in [0.5, 0.6) is 0 Å². The van der Waals surface area contributed by atoms with E-state index in [-0.39, 0.29) is 12.7 Å². The van der Waals surface area contributed by atoms with Crippen LogP contribution in [0, 0.1) is 0 Å². The van der Waals surface area contributed by atoms with E-state index >= 15 is 0 Å². The molecule has 0 aliphatic carbocycles. The van der Waals surface area contributed by atoms with Crippen LogP contribution in [-0.4, -0.2) is 79.0 Å². The monoisotopic (exact) mass is 273 g/mol. The average Bonchev–Trinajstić information content (AvgIpc) is 2.29. The van der Waals surface area contributed by atoms with Crippen LogP contribution in [0.25, 0.3) is 0 Å². The van der Waals surface area contributed by atoms with Crippen LogP contribution >= 0.6 is 0 Å². The predicted molar refractivity (Wildman–Crippen MR) is 74.2 cm³/mol. The van der Waals surface area contributed by atoms with Crippen LogP contribution in [-0.2, 0) is 4.74 Å². The molecule has 1 aliphatic rings. The summed E-state index contributed by atoms with van der Waals surface area (Å²) in [5, 5.41) is 11.6. The van der Waals surface area contributed by atoms with E-state index in [4.69, 9.17) is 9.84 Å². The zero-order valence-corrected chi connectivity index (χ0v) is 12.3. The third-order valence-corrected chi connectivity index (χ3v) is 2.98. The molecule has 0 aromatic heterocycles. The van der Waals surface area contributed by atoms with Crippen LogP contribution < -0.4 is 5.32 Å². The summed E-state index contributed by atoms with van der Waals surface area (Å²) in [6.07, 6.45) is -0.355. The molecule has 0 aromatic carbocycles. The molecule has 0 radical (unpaired) electrons. The Hall–Kier alpha value is -0.850. The van der Waals surface area contributed by atoms with E-state index in [1.807, 2.05) is 20.8 Å². The molecule has 1 heterocycles. The third kappa shape index (κ3) is 7.34. The highest BCUT2D eigenvalue weighted by Gasteiger charge is 2.18. The Balaban J connectivity index is 2.09. The molecule has 1 saturated heterocycles. The van der Waals surface area contributed by atoms with E-state index in [1.54, 1.807) is 0 Å². The molecule has 0 aromatic rings. The van der Waals surface area contributed by atoms with Gasteiger partial charge < -0.3 is 15.2 Å². The van der Waals surface area contributed by atoms with Crippen molar-refractivity contribution in [2.75, 3.05) is 52.4 Å². The molecule has 1 amide bonds. The van der Waals surface area contributed by atoms with Crippen LogP contribution in [0.1, 0.15) is 20.8 Å². The maximum Gasteiger partial charge on any atom is 0.407 e. The number of aliphatic hydroxyl groups excluding tert-OH is 1. The SMILES string of the molecule is CC(C)(C)OC(=O)NCCN1CCN(CCO)CC1. The van der Waals surface area contributed by atoms with E-state index in [0.717, 1.165) is 39.3 Å². The fourth-order valence-electron chi connectivity index (χ4n) is 2.01. The molecule has 1 aliphatic heterocycles. The number of nitrogens with zero attached hydrogens (tertiary/aromatic N) is 2. The molecule has 0 saturated carbocycles. The van der Waals surface area contributed by atoms with Crippen molar-refractivity contribution in [2.45, 2.75) is 26.4 Å². The highest BCUT2D eigenvalue weighted by molar-refractivity contribution is 5.67. The number of ether oxygens (including phenoxy) is 1. The van der Waals surface area contributed by atoms with Gasteiger partial charge in [0, 0.05) is 45.8 Å². The number of hydrogen-bond acceptors (Lipinski definition) is 5. The van der Waals surface area contributed by atoms with Crippen molar-refractivity contribution in [1.82, 2.24) is 15.1 Å². The summed E-state index contributed by atoms with van der Waals surface area (Å²) in [6.45, 7) is 11.9. The van der Waals surface area contributed by atoms with E-state index < -0.39 is 5.60 Å². The van der Waals surface area contributed by atoms with Crippen LogP contribution in [0.3, 0.4) is 0 Å². The first-order chi connectivity index (χ1) is 8.90. The number of aliphatic hydroxyl groups is 1. The van der Waals surface area contributed by atoms with E-state index in [9.17, 15) is 4.79 Å². The van der Waals surface area contributed by atoms with Gasteiger partial charge in [-0.1, -0.05) is 0 Å². The molecular weight excluding hydrogens is 246 g/mol. The average molecular weight is 273 g/mol. The van der Waals surface area contributed by atoms with Crippen molar-refractivity contribution in [1.29, 1.82) is 0 Å². The minimum Gasteiger partial charge on any atom is -0.444 e. The molecule has 6 nitrogen and oxygen atoms in total. The van der Waals surface area contributed by atoms with Gasteiger partial charge in [0.15, 0.2) is 0 Å². The quantitative estimate of drug-likeness (QED) is 0.745. The maximum absolute atomic E-state index is 11.4. The summed E-state index contributed by atoms with van der Waals surface area (Å²) < 4.78 is 5.17. The molecule has 1 rings (SSSR count). The van der Waals surface area contributed by atoms with Crippen molar-refractivity contribution in [3.05, 3.63) is 0 Å². The van der Waals surface area contributed by atoms with Gasteiger partial charge in [-0.15, -0.1) is 0 Å². The maximum atomic E-state index is 11.4. The number of carbonyl (C=O) groups is 1. The van der Waals surface area contributed by atoms with Crippen molar-refractivity contribution in [2.24, 2.45) is 0 Å². The Bertz CT molecular complexity index is 271. The summed E-state index contributed by atoms with van der Waals surface area (Å²) in [7, 11) is 0. The van der Waals surface area contributed by atoms with Crippen molar-refractivity contribution in [3.8, 4) is 0 Å². The number of amides is 1. The molecule has 0 atom stereocenters. The predicted octanol–water partition coefficient (Wildman–Crippen LogP) is 0.121. The smallest absolute Gasteiger partial charge is 0.407 e. The zero-order chi connectivity index (χ0) is 14.3. The van der Waals surface area contributed by atoms with Crippen LogP contribution in [0.4, 0.5) is 4.79 Å². The lowest BCUT2D eigenvalue weighted by Gasteiger charge is -2.34. The summed E-state index contributed by atoms with van der Waals surface area (Å²) in [4.78, 5) is 16.0. The molecule has 1 fully saturated rings. The van der Waals surface area contributed by atoms with E-state index in [1.165, 1.54) is 0 Å². The second-order valence-electron chi connectivity index (χ2n) is 5.84. The Morgan fingerprint density at radius 3 is 2.16 bits per heavy atom. The van der Waals surface area contributed by atoms with Gasteiger partial charge in [-0.05, 0) is 20.8 Å². The molecular formula is C13H27N3O3. The molecule has 112 valence electrons. The molecule has 0 bridgehead atoms. The lowest BCUT2D eigenvalue weighted by Crippen LogP contribution is -2.49. The number of hydrogen-bond donors (Lipinski definition) is 2.